The van der Waals surface area contributed by atoms with Gasteiger partial charge in [0.15, 0.2) is 0 Å². The molecule has 2 rings (SSSR count). The van der Waals surface area contributed by atoms with Gasteiger partial charge in [0.1, 0.15) is 6.54 Å². The first kappa shape index (κ1) is 16.6. The topological polar surface area (TPSA) is 71.8 Å². The van der Waals surface area contributed by atoms with E-state index in [1.54, 1.807) is 6.20 Å². The van der Waals surface area contributed by atoms with Crippen LogP contribution in [0.25, 0.3) is 0 Å². The van der Waals surface area contributed by atoms with Gasteiger partial charge in [-0.1, -0.05) is 21.1 Å². The highest BCUT2D eigenvalue weighted by Gasteiger charge is 2.12. The van der Waals surface area contributed by atoms with E-state index >= 15 is 0 Å². The van der Waals surface area contributed by atoms with Crippen LogP contribution in [0.1, 0.15) is 5.69 Å². The molecule has 2 N–H and O–H groups in total. The Morgan fingerprint density at radius 1 is 1.29 bits per heavy atom. The number of nitrogens with one attached hydrogen (secondary N) is 2. The average Bonchev–Trinajstić information content (AvgIpc) is 2.81. The molecule has 0 aliphatic heterocycles. The van der Waals surface area contributed by atoms with Gasteiger partial charge in [-0.3, -0.25) is 4.79 Å². The molecule has 0 aliphatic carbocycles. The van der Waals surface area contributed by atoms with Crippen molar-refractivity contribution in [1.82, 2.24) is 20.3 Å². The standard InChI is InChI=1S/C12H12Br3N5O/c1-16-4-8-5-20(19-18-8)6-11(21)17-12-9(14)2-7(13)3-10(12)15/h2-3,5,16H,4,6H2,1H3,(H,17,21). The smallest absolute Gasteiger partial charge is 0.246 e. The summed E-state index contributed by atoms with van der Waals surface area (Å²) < 4.78 is 3.98. The molecule has 0 bridgehead atoms. The van der Waals surface area contributed by atoms with Crippen LogP contribution in [0.4, 0.5) is 5.69 Å². The van der Waals surface area contributed by atoms with Crippen LogP contribution in [-0.2, 0) is 17.9 Å². The largest absolute Gasteiger partial charge is 0.323 e. The van der Waals surface area contributed by atoms with Crippen molar-refractivity contribution in [3.63, 3.8) is 0 Å². The van der Waals surface area contributed by atoms with Gasteiger partial charge in [-0.15, -0.1) is 5.10 Å². The Balaban J connectivity index is 2.04. The van der Waals surface area contributed by atoms with Gasteiger partial charge in [0.05, 0.1) is 17.6 Å². The van der Waals surface area contributed by atoms with Crippen LogP contribution in [0.15, 0.2) is 31.7 Å². The molecule has 1 amide bonds. The van der Waals surface area contributed by atoms with E-state index in [0.717, 1.165) is 19.1 Å². The van der Waals surface area contributed by atoms with Gasteiger partial charge in [0.25, 0.3) is 0 Å². The molecule has 21 heavy (non-hydrogen) atoms. The summed E-state index contributed by atoms with van der Waals surface area (Å²) in [4.78, 5) is 12.1. The van der Waals surface area contributed by atoms with Crippen LogP contribution < -0.4 is 10.6 Å². The number of amides is 1. The van der Waals surface area contributed by atoms with E-state index < -0.39 is 0 Å². The average molecular weight is 482 g/mol. The highest BCUT2D eigenvalue weighted by molar-refractivity contribution is 9.11. The maximum atomic E-state index is 12.1. The third kappa shape index (κ3) is 4.60. The van der Waals surface area contributed by atoms with Gasteiger partial charge in [-0.2, -0.15) is 0 Å². The third-order valence-corrected chi connectivity index (χ3v) is 4.23. The fourth-order valence-electron chi connectivity index (χ4n) is 1.67. The molecule has 0 aliphatic rings. The third-order valence-electron chi connectivity index (χ3n) is 2.52. The zero-order valence-corrected chi connectivity index (χ0v) is 15.8. The molecule has 0 unspecified atom stereocenters. The summed E-state index contributed by atoms with van der Waals surface area (Å²) in [6.45, 7) is 0.719. The molecular weight excluding hydrogens is 470 g/mol. The van der Waals surface area contributed by atoms with Gasteiger partial charge in [0.2, 0.25) is 5.91 Å². The Hall–Kier alpha value is -0.770. The Morgan fingerprint density at radius 3 is 2.57 bits per heavy atom. The quantitative estimate of drug-likeness (QED) is 0.689. The second-order valence-electron chi connectivity index (χ2n) is 4.23. The minimum atomic E-state index is -0.181. The number of hydrogen-bond donors (Lipinski definition) is 2. The molecular formula is C12H12Br3N5O. The van der Waals surface area contributed by atoms with Crippen molar-refractivity contribution >= 4 is 59.4 Å². The summed E-state index contributed by atoms with van der Waals surface area (Å²) in [5, 5.41) is 13.7. The van der Waals surface area contributed by atoms with Crippen molar-refractivity contribution in [3.05, 3.63) is 37.4 Å². The SMILES string of the molecule is CNCc1cn(CC(=O)Nc2c(Br)cc(Br)cc2Br)nn1. The van der Waals surface area contributed by atoms with Crippen molar-refractivity contribution in [3.8, 4) is 0 Å². The summed E-state index contributed by atoms with van der Waals surface area (Å²) in [7, 11) is 1.83. The molecule has 0 spiro atoms. The molecule has 1 aromatic carbocycles. The van der Waals surface area contributed by atoms with E-state index in [-0.39, 0.29) is 12.5 Å². The molecule has 112 valence electrons. The number of carbonyl (C=O) groups excluding carboxylic acids is 1. The van der Waals surface area contributed by atoms with E-state index in [1.165, 1.54) is 4.68 Å². The number of anilines is 1. The van der Waals surface area contributed by atoms with Crippen LogP contribution in [0.3, 0.4) is 0 Å². The number of rotatable bonds is 5. The lowest BCUT2D eigenvalue weighted by Gasteiger charge is -2.10. The van der Waals surface area contributed by atoms with Gasteiger partial charge >= 0.3 is 0 Å². The van der Waals surface area contributed by atoms with E-state index in [1.807, 2.05) is 19.2 Å². The molecule has 0 fully saturated rings. The molecule has 0 radical (unpaired) electrons. The summed E-state index contributed by atoms with van der Waals surface area (Å²) in [5.41, 5.74) is 1.47. The first-order valence-corrected chi connectivity index (χ1v) is 8.35. The molecule has 0 saturated carbocycles. The van der Waals surface area contributed by atoms with Crippen molar-refractivity contribution in [2.75, 3.05) is 12.4 Å². The van der Waals surface area contributed by atoms with Crippen molar-refractivity contribution in [2.45, 2.75) is 13.1 Å². The maximum Gasteiger partial charge on any atom is 0.246 e. The van der Waals surface area contributed by atoms with Gasteiger partial charge in [-0.05, 0) is 51.0 Å². The lowest BCUT2D eigenvalue weighted by Crippen LogP contribution is -2.19. The molecule has 0 atom stereocenters. The van der Waals surface area contributed by atoms with Gasteiger partial charge in [-0.25, -0.2) is 4.68 Å². The summed E-state index contributed by atoms with van der Waals surface area (Å²) in [6, 6.07) is 3.72. The lowest BCUT2D eigenvalue weighted by atomic mass is 10.3. The first-order chi connectivity index (χ1) is 9.99. The van der Waals surface area contributed by atoms with E-state index in [4.69, 9.17) is 0 Å². The van der Waals surface area contributed by atoms with Crippen LogP contribution in [0, 0.1) is 0 Å². The minimum absolute atomic E-state index is 0.103. The van der Waals surface area contributed by atoms with Gasteiger partial charge in [0, 0.05) is 20.0 Å². The zero-order valence-electron chi connectivity index (χ0n) is 11.0. The molecule has 1 heterocycles. The number of benzene rings is 1. The lowest BCUT2D eigenvalue weighted by molar-refractivity contribution is -0.116. The fourth-order valence-corrected chi connectivity index (χ4v) is 4.12. The molecule has 1 aromatic heterocycles. The monoisotopic (exact) mass is 479 g/mol. The van der Waals surface area contributed by atoms with Crippen LogP contribution in [-0.4, -0.2) is 27.9 Å². The highest BCUT2D eigenvalue weighted by atomic mass is 79.9. The molecule has 0 saturated heterocycles. The number of hydrogen-bond acceptors (Lipinski definition) is 4. The predicted octanol–water partition coefficient (Wildman–Crippen LogP) is 2.92. The Labute approximate surface area is 147 Å². The molecule has 6 nitrogen and oxygen atoms in total. The number of aromatic nitrogens is 3. The Morgan fingerprint density at radius 2 is 1.95 bits per heavy atom. The van der Waals surface area contributed by atoms with Crippen molar-refractivity contribution in [1.29, 1.82) is 0 Å². The van der Waals surface area contributed by atoms with Crippen molar-refractivity contribution < 1.29 is 4.79 Å². The Kier molecular flexibility index (Phi) is 5.91. The Bertz CT molecular complexity index is 635. The van der Waals surface area contributed by atoms with Crippen molar-refractivity contribution in [2.24, 2.45) is 0 Å². The number of halogens is 3. The maximum absolute atomic E-state index is 12.1. The second kappa shape index (κ2) is 7.48. The van der Waals surface area contributed by atoms with Crippen LogP contribution in [0.2, 0.25) is 0 Å². The molecule has 2 aromatic rings. The zero-order chi connectivity index (χ0) is 15.4. The fraction of sp³-hybridized carbons (Fsp3) is 0.250. The highest BCUT2D eigenvalue weighted by Crippen LogP contribution is 2.34. The normalized spacial score (nSPS) is 10.7. The van der Waals surface area contributed by atoms with Gasteiger partial charge < -0.3 is 10.6 Å². The van der Waals surface area contributed by atoms with E-state index in [2.05, 4.69) is 68.7 Å². The first-order valence-electron chi connectivity index (χ1n) is 5.97. The minimum Gasteiger partial charge on any atom is -0.323 e. The number of carbonyl (C=O) groups is 1. The van der Waals surface area contributed by atoms with Crippen LogP contribution >= 0.6 is 47.8 Å². The van der Waals surface area contributed by atoms with E-state index in [9.17, 15) is 4.79 Å². The summed E-state index contributed by atoms with van der Waals surface area (Å²) >= 11 is 10.2. The number of nitrogens with zero attached hydrogens (tertiary/aromatic N) is 3. The summed E-state index contributed by atoms with van der Waals surface area (Å²) in [5.74, 6) is -0.181. The predicted molar refractivity (Wildman–Crippen MR) is 91.0 cm³/mol. The summed E-state index contributed by atoms with van der Waals surface area (Å²) in [6.07, 6.45) is 1.74. The second-order valence-corrected chi connectivity index (χ2v) is 6.85. The van der Waals surface area contributed by atoms with E-state index in [0.29, 0.717) is 12.2 Å². The van der Waals surface area contributed by atoms with Crippen LogP contribution in [0.5, 0.6) is 0 Å². The molecule has 9 heteroatoms.